The summed E-state index contributed by atoms with van der Waals surface area (Å²) in [4.78, 5) is 27.1. The van der Waals surface area contributed by atoms with Crippen molar-refractivity contribution < 1.29 is 19.4 Å². The number of methoxy groups -OCH3 is 1. The zero-order chi connectivity index (χ0) is 20.4. The monoisotopic (exact) mass is 491 g/mol. The number of benzene rings is 2. The van der Waals surface area contributed by atoms with Crippen molar-refractivity contribution in [2.24, 2.45) is 0 Å². The normalized spacial score (nSPS) is 18.7. The van der Waals surface area contributed by atoms with E-state index in [2.05, 4.69) is 22.6 Å². The smallest absolute Gasteiger partial charge is 0.295 e. The lowest BCUT2D eigenvalue weighted by Crippen LogP contribution is -2.32. The molecule has 28 heavy (non-hydrogen) atoms. The van der Waals surface area contributed by atoms with Gasteiger partial charge in [0.05, 0.1) is 18.2 Å². The van der Waals surface area contributed by atoms with Crippen molar-refractivity contribution in [3.63, 3.8) is 0 Å². The van der Waals surface area contributed by atoms with Gasteiger partial charge in [-0.25, -0.2) is 0 Å². The van der Waals surface area contributed by atoms with Crippen LogP contribution in [0.2, 0.25) is 0 Å². The van der Waals surface area contributed by atoms with Crippen molar-refractivity contribution in [2.75, 3.05) is 20.3 Å². The molecule has 1 atom stereocenters. The van der Waals surface area contributed by atoms with Crippen molar-refractivity contribution in [1.82, 2.24) is 4.90 Å². The largest absolute Gasteiger partial charge is 0.507 e. The van der Waals surface area contributed by atoms with Gasteiger partial charge in [-0.3, -0.25) is 9.59 Å². The number of Topliss-reactive ketones (excluding diaryl/α,β-unsaturated/α-hetero) is 1. The number of carbonyl (C=O) groups is 2. The highest BCUT2D eigenvalue weighted by atomic mass is 127. The Morgan fingerprint density at radius 2 is 1.82 bits per heavy atom. The van der Waals surface area contributed by atoms with Crippen LogP contribution in [0.3, 0.4) is 0 Å². The highest BCUT2D eigenvalue weighted by molar-refractivity contribution is 14.1. The number of hydrogen-bond acceptors (Lipinski definition) is 4. The zero-order valence-corrected chi connectivity index (χ0v) is 18.2. The van der Waals surface area contributed by atoms with Gasteiger partial charge in [0.25, 0.3) is 11.7 Å². The number of aliphatic hydroxyl groups is 1. The second kappa shape index (κ2) is 8.45. The molecule has 2 aromatic carbocycles. The Bertz CT molecular complexity index is 950. The molecule has 0 bridgehead atoms. The predicted octanol–water partition coefficient (Wildman–Crippen LogP) is 3.98. The summed E-state index contributed by atoms with van der Waals surface area (Å²) in [6, 6.07) is 12.6. The highest BCUT2D eigenvalue weighted by Crippen LogP contribution is 2.39. The van der Waals surface area contributed by atoms with Crippen molar-refractivity contribution in [2.45, 2.75) is 19.9 Å². The van der Waals surface area contributed by atoms with Crippen LogP contribution < -0.4 is 0 Å². The van der Waals surface area contributed by atoms with Crippen LogP contribution in [0, 0.1) is 17.4 Å². The molecule has 1 amide bonds. The summed E-state index contributed by atoms with van der Waals surface area (Å²) in [5, 5.41) is 11.1. The summed E-state index contributed by atoms with van der Waals surface area (Å²) in [5.74, 6) is -1.42. The molecule has 0 aliphatic carbocycles. The van der Waals surface area contributed by atoms with Crippen LogP contribution in [0.15, 0.2) is 48.0 Å². The summed E-state index contributed by atoms with van der Waals surface area (Å²) in [6.45, 7) is 4.36. The van der Waals surface area contributed by atoms with Gasteiger partial charge in [0.1, 0.15) is 5.76 Å². The lowest BCUT2D eigenvalue weighted by Gasteiger charge is -2.25. The number of rotatable bonds is 5. The quantitative estimate of drug-likeness (QED) is 0.298. The van der Waals surface area contributed by atoms with Gasteiger partial charge < -0.3 is 14.7 Å². The Kier molecular flexibility index (Phi) is 6.20. The van der Waals surface area contributed by atoms with Crippen LogP contribution in [-0.2, 0) is 14.3 Å². The molecule has 1 fully saturated rings. The second-order valence-electron chi connectivity index (χ2n) is 6.86. The van der Waals surface area contributed by atoms with E-state index >= 15 is 0 Å². The summed E-state index contributed by atoms with van der Waals surface area (Å²) in [5.41, 5.74) is 3.28. The molecule has 1 unspecified atom stereocenters. The van der Waals surface area contributed by atoms with Crippen LogP contribution >= 0.6 is 22.6 Å². The average molecular weight is 491 g/mol. The molecule has 1 aliphatic rings. The molecule has 2 aromatic rings. The third-order valence-electron chi connectivity index (χ3n) is 4.91. The van der Waals surface area contributed by atoms with Gasteiger partial charge in [-0.1, -0.05) is 29.8 Å². The zero-order valence-electron chi connectivity index (χ0n) is 16.0. The number of nitrogens with zero attached hydrogens (tertiary/aromatic N) is 1. The molecule has 146 valence electrons. The predicted molar refractivity (Wildman–Crippen MR) is 116 cm³/mol. The van der Waals surface area contributed by atoms with E-state index in [-0.39, 0.29) is 17.9 Å². The minimum absolute atomic E-state index is 0.121. The molecular formula is C22H22INO4. The Labute approximate surface area is 178 Å². The van der Waals surface area contributed by atoms with Crippen molar-refractivity contribution in [1.29, 1.82) is 0 Å². The summed E-state index contributed by atoms with van der Waals surface area (Å²) < 4.78 is 6.17. The summed E-state index contributed by atoms with van der Waals surface area (Å²) >= 11 is 2.20. The molecule has 3 rings (SSSR count). The standard InChI is InChI=1S/C22H22INO4/c1-13-4-5-14(2)17(12-13)20(25)18-19(15-6-8-16(23)9-7-15)24(10-11-28-3)22(27)21(18)26/h4-9,12,19,25H,10-11H2,1-3H3/b20-18+. The molecule has 6 heteroatoms. The van der Waals surface area contributed by atoms with Crippen LogP contribution in [0.5, 0.6) is 0 Å². The number of hydrogen-bond donors (Lipinski definition) is 1. The fourth-order valence-electron chi connectivity index (χ4n) is 3.43. The molecule has 0 radical (unpaired) electrons. The average Bonchev–Trinajstić information content (AvgIpc) is 2.93. The van der Waals surface area contributed by atoms with Gasteiger partial charge in [0.15, 0.2) is 0 Å². The van der Waals surface area contributed by atoms with E-state index in [1.54, 1.807) is 7.11 Å². The van der Waals surface area contributed by atoms with E-state index in [1.165, 1.54) is 4.90 Å². The maximum absolute atomic E-state index is 12.9. The highest BCUT2D eigenvalue weighted by Gasteiger charge is 2.45. The number of carbonyl (C=O) groups excluding carboxylic acids is 2. The van der Waals surface area contributed by atoms with Gasteiger partial charge in [-0.15, -0.1) is 0 Å². The number of halogens is 1. The number of likely N-dealkylation sites (tertiary alicyclic amines) is 1. The first kappa shape index (κ1) is 20.5. The van der Waals surface area contributed by atoms with Gasteiger partial charge in [0, 0.05) is 22.8 Å². The molecule has 1 saturated heterocycles. The van der Waals surface area contributed by atoms with Crippen molar-refractivity contribution in [3.8, 4) is 0 Å². The maximum atomic E-state index is 12.9. The molecule has 5 nitrogen and oxygen atoms in total. The summed E-state index contributed by atoms with van der Waals surface area (Å²) in [6.07, 6.45) is 0. The van der Waals surface area contributed by atoms with Crippen LogP contribution in [0.25, 0.3) is 5.76 Å². The fraction of sp³-hybridized carbons (Fsp3) is 0.273. The Balaban J connectivity index is 2.20. The second-order valence-corrected chi connectivity index (χ2v) is 8.10. The molecule has 1 aliphatic heterocycles. The number of amides is 1. The SMILES string of the molecule is COCCN1C(=O)C(=O)/C(=C(/O)c2cc(C)ccc2C)C1c1ccc(I)cc1. The molecule has 1 N–H and O–H groups in total. The molecular weight excluding hydrogens is 469 g/mol. The minimum atomic E-state index is -0.668. The van der Waals surface area contributed by atoms with Crippen molar-refractivity contribution in [3.05, 3.63) is 73.9 Å². The number of aliphatic hydroxyl groups excluding tert-OH is 1. The number of ketones is 1. The number of ether oxygens (including phenoxy) is 1. The van der Waals surface area contributed by atoms with Gasteiger partial charge in [-0.05, 0) is 65.8 Å². The fourth-order valence-corrected chi connectivity index (χ4v) is 3.79. The lowest BCUT2D eigenvalue weighted by atomic mass is 9.93. The van der Waals surface area contributed by atoms with Crippen LogP contribution in [-0.4, -0.2) is 42.0 Å². The van der Waals surface area contributed by atoms with Crippen LogP contribution in [0.1, 0.15) is 28.3 Å². The topological polar surface area (TPSA) is 66.8 Å². The lowest BCUT2D eigenvalue weighted by molar-refractivity contribution is -0.140. The maximum Gasteiger partial charge on any atom is 0.295 e. The molecule has 1 heterocycles. The van der Waals surface area contributed by atoms with Crippen molar-refractivity contribution >= 4 is 40.0 Å². The van der Waals surface area contributed by atoms with E-state index in [0.717, 1.165) is 20.3 Å². The number of aryl methyl sites for hydroxylation is 2. The first-order valence-corrected chi connectivity index (χ1v) is 10.0. The van der Waals surface area contributed by atoms with Gasteiger partial charge in [0.2, 0.25) is 0 Å². The summed E-state index contributed by atoms with van der Waals surface area (Å²) in [7, 11) is 1.55. The first-order valence-electron chi connectivity index (χ1n) is 8.95. The molecule has 0 spiro atoms. The molecule has 0 aromatic heterocycles. The third-order valence-corrected chi connectivity index (χ3v) is 5.63. The van der Waals surface area contributed by atoms with E-state index < -0.39 is 17.7 Å². The van der Waals surface area contributed by atoms with Gasteiger partial charge >= 0.3 is 0 Å². The van der Waals surface area contributed by atoms with E-state index in [9.17, 15) is 14.7 Å². The Morgan fingerprint density at radius 3 is 2.46 bits per heavy atom. The Hall–Kier alpha value is -2.19. The van der Waals surface area contributed by atoms with E-state index in [1.807, 2.05) is 56.3 Å². The van der Waals surface area contributed by atoms with E-state index in [0.29, 0.717) is 12.2 Å². The minimum Gasteiger partial charge on any atom is -0.507 e. The van der Waals surface area contributed by atoms with Crippen LogP contribution in [0.4, 0.5) is 0 Å². The third kappa shape index (κ3) is 3.84. The first-order chi connectivity index (χ1) is 13.3. The molecule has 0 saturated carbocycles. The van der Waals surface area contributed by atoms with E-state index in [4.69, 9.17) is 4.74 Å². The Morgan fingerprint density at radius 1 is 1.14 bits per heavy atom. The van der Waals surface area contributed by atoms with Gasteiger partial charge in [-0.2, -0.15) is 0 Å².